The largest absolute Gasteiger partial charge is 0.494 e. The highest BCUT2D eigenvalue weighted by Crippen LogP contribution is 2.13. The molecule has 1 aromatic heterocycles. The zero-order valence-corrected chi connectivity index (χ0v) is 9.89. The molecule has 0 unspecified atom stereocenters. The lowest BCUT2D eigenvalue weighted by Gasteiger charge is -2.04. The SMILES string of the molecule is CCOc1ccc(CCCc2nn[nH]n2)cc1. The van der Waals surface area contributed by atoms with E-state index in [1.165, 1.54) is 5.56 Å². The molecule has 0 radical (unpaired) electrons. The van der Waals surface area contributed by atoms with Crippen molar-refractivity contribution in [3.05, 3.63) is 35.7 Å². The summed E-state index contributed by atoms with van der Waals surface area (Å²) in [6.07, 6.45) is 2.89. The zero-order chi connectivity index (χ0) is 11.9. The topological polar surface area (TPSA) is 63.7 Å². The molecule has 2 rings (SSSR count). The van der Waals surface area contributed by atoms with Gasteiger partial charge in [-0.15, -0.1) is 10.2 Å². The third kappa shape index (κ3) is 3.55. The van der Waals surface area contributed by atoms with Gasteiger partial charge in [-0.3, -0.25) is 0 Å². The molecule has 0 saturated heterocycles. The minimum atomic E-state index is 0.706. The smallest absolute Gasteiger partial charge is 0.174 e. The fourth-order valence-electron chi connectivity index (χ4n) is 1.66. The van der Waals surface area contributed by atoms with Gasteiger partial charge in [-0.1, -0.05) is 17.3 Å². The van der Waals surface area contributed by atoms with Crippen molar-refractivity contribution in [3.8, 4) is 5.75 Å². The normalized spacial score (nSPS) is 10.4. The molecule has 0 aliphatic carbocycles. The van der Waals surface area contributed by atoms with Crippen LogP contribution in [0.4, 0.5) is 0 Å². The van der Waals surface area contributed by atoms with Gasteiger partial charge in [0.15, 0.2) is 5.82 Å². The summed E-state index contributed by atoms with van der Waals surface area (Å²) in [6, 6.07) is 8.21. The van der Waals surface area contributed by atoms with E-state index in [0.717, 1.165) is 30.8 Å². The summed E-state index contributed by atoms with van der Waals surface area (Å²) in [5.41, 5.74) is 1.30. The number of aromatic amines is 1. The average Bonchev–Trinajstić information content (AvgIpc) is 2.85. The molecule has 0 fully saturated rings. The van der Waals surface area contributed by atoms with E-state index >= 15 is 0 Å². The summed E-state index contributed by atoms with van der Waals surface area (Å²) in [5.74, 6) is 1.70. The first kappa shape index (κ1) is 11.6. The van der Waals surface area contributed by atoms with Crippen LogP contribution in [0.3, 0.4) is 0 Å². The summed E-state index contributed by atoms with van der Waals surface area (Å²) >= 11 is 0. The summed E-state index contributed by atoms with van der Waals surface area (Å²) in [4.78, 5) is 0. The second-order valence-electron chi connectivity index (χ2n) is 3.76. The Morgan fingerprint density at radius 3 is 2.65 bits per heavy atom. The summed E-state index contributed by atoms with van der Waals surface area (Å²) in [6.45, 7) is 2.69. The van der Waals surface area contributed by atoms with E-state index in [2.05, 4.69) is 32.8 Å². The van der Waals surface area contributed by atoms with Crippen LogP contribution >= 0.6 is 0 Å². The molecule has 2 aromatic rings. The highest BCUT2D eigenvalue weighted by atomic mass is 16.5. The molecule has 1 heterocycles. The maximum atomic E-state index is 5.39. The van der Waals surface area contributed by atoms with E-state index < -0.39 is 0 Å². The van der Waals surface area contributed by atoms with E-state index in [1.54, 1.807) is 0 Å². The number of aromatic nitrogens is 4. The molecule has 1 aromatic carbocycles. The Bertz CT molecular complexity index is 424. The summed E-state index contributed by atoms with van der Waals surface area (Å²) < 4.78 is 5.39. The average molecular weight is 232 g/mol. The molecule has 0 saturated carbocycles. The van der Waals surface area contributed by atoms with Crippen LogP contribution in [0.15, 0.2) is 24.3 Å². The molecule has 0 aliphatic rings. The number of tetrazole rings is 1. The van der Waals surface area contributed by atoms with Crippen LogP contribution in [0.1, 0.15) is 24.7 Å². The summed E-state index contributed by atoms with van der Waals surface area (Å²) in [7, 11) is 0. The van der Waals surface area contributed by atoms with Crippen LogP contribution < -0.4 is 4.74 Å². The quantitative estimate of drug-likeness (QED) is 0.824. The van der Waals surface area contributed by atoms with Crippen molar-refractivity contribution < 1.29 is 4.74 Å². The van der Waals surface area contributed by atoms with Gasteiger partial charge in [-0.25, -0.2) is 0 Å². The first-order chi connectivity index (χ1) is 8.38. The van der Waals surface area contributed by atoms with E-state index in [9.17, 15) is 0 Å². The number of ether oxygens (including phenoxy) is 1. The molecule has 90 valence electrons. The van der Waals surface area contributed by atoms with Crippen molar-refractivity contribution in [1.29, 1.82) is 0 Å². The number of H-pyrrole nitrogens is 1. The molecule has 5 heteroatoms. The van der Waals surface area contributed by atoms with E-state index in [4.69, 9.17) is 4.74 Å². The highest BCUT2D eigenvalue weighted by Gasteiger charge is 1.99. The lowest BCUT2D eigenvalue weighted by molar-refractivity contribution is 0.340. The Kier molecular flexibility index (Phi) is 4.07. The molecule has 0 spiro atoms. The molecule has 17 heavy (non-hydrogen) atoms. The Balaban J connectivity index is 1.79. The fraction of sp³-hybridized carbons (Fsp3) is 0.417. The molecule has 0 aliphatic heterocycles. The predicted octanol–water partition coefficient (Wildman–Crippen LogP) is 1.77. The lowest BCUT2D eigenvalue weighted by Crippen LogP contribution is -1.94. The number of aryl methyl sites for hydroxylation is 2. The number of nitrogens with one attached hydrogen (secondary N) is 1. The number of nitrogens with zero attached hydrogens (tertiary/aromatic N) is 3. The minimum Gasteiger partial charge on any atom is -0.494 e. The number of benzene rings is 1. The van der Waals surface area contributed by atoms with Crippen LogP contribution in [-0.2, 0) is 12.8 Å². The maximum absolute atomic E-state index is 5.39. The van der Waals surface area contributed by atoms with Gasteiger partial charge in [0.2, 0.25) is 0 Å². The van der Waals surface area contributed by atoms with Crippen molar-refractivity contribution >= 4 is 0 Å². The molecule has 5 nitrogen and oxygen atoms in total. The third-order valence-electron chi connectivity index (χ3n) is 2.49. The van der Waals surface area contributed by atoms with Crippen molar-refractivity contribution in [2.75, 3.05) is 6.61 Å². The number of hydrogen-bond acceptors (Lipinski definition) is 4. The lowest BCUT2D eigenvalue weighted by atomic mass is 10.1. The van der Waals surface area contributed by atoms with Gasteiger partial charge in [0.25, 0.3) is 0 Å². The second kappa shape index (κ2) is 5.98. The van der Waals surface area contributed by atoms with Crippen LogP contribution in [-0.4, -0.2) is 27.2 Å². The Morgan fingerprint density at radius 1 is 1.18 bits per heavy atom. The first-order valence-corrected chi connectivity index (χ1v) is 5.82. The molecular formula is C12H16N4O. The van der Waals surface area contributed by atoms with Gasteiger partial charge in [0.05, 0.1) is 6.61 Å². The Labute approximate surface area is 100 Å². The molecule has 1 N–H and O–H groups in total. The van der Waals surface area contributed by atoms with Gasteiger partial charge >= 0.3 is 0 Å². The van der Waals surface area contributed by atoms with Crippen molar-refractivity contribution in [1.82, 2.24) is 20.6 Å². The number of hydrogen-bond donors (Lipinski definition) is 1. The van der Waals surface area contributed by atoms with Crippen molar-refractivity contribution in [2.45, 2.75) is 26.2 Å². The van der Waals surface area contributed by atoms with Crippen LogP contribution in [0, 0.1) is 0 Å². The highest BCUT2D eigenvalue weighted by molar-refractivity contribution is 5.27. The first-order valence-electron chi connectivity index (χ1n) is 5.82. The van der Waals surface area contributed by atoms with Crippen LogP contribution in [0.5, 0.6) is 5.75 Å². The fourth-order valence-corrected chi connectivity index (χ4v) is 1.66. The third-order valence-corrected chi connectivity index (χ3v) is 2.49. The zero-order valence-electron chi connectivity index (χ0n) is 9.89. The standard InChI is InChI=1S/C12H16N4O/c1-2-17-11-8-6-10(7-9-11)4-3-5-12-13-15-16-14-12/h6-9H,2-5H2,1H3,(H,13,14,15,16). The molecular weight excluding hydrogens is 216 g/mol. The Hall–Kier alpha value is -1.91. The van der Waals surface area contributed by atoms with Gasteiger partial charge < -0.3 is 4.74 Å². The van der Waals surface area contributed by atoms with Gasteiger partial charge in [0, 0.05) is 6.42 Å². The van der Waals surface area contributed by atoms with E-state index in [0.29, 0.717) is 6.61 Å². The molecule has 0 atom stereocenters. The molecule has 0 bridgehead atoms. The van der Waals surface area contributed by atoms with E-state index in [-0.39, 0.29) is 0 Å². The second-order valence-corrected chi connectivity index (χ2v) is 3.76. The minimum absolute atomic E-state index is 0.706. The van der Waals surface area contributed by atoms with Gasteiger partial charge in [-0.2, -0.15) is 5.21 Å². The van der Waals surface area contributed by atoms with E-state index in [1.807, 2.05) is 19.1 Å². The van der Waals surface area contributed by atoms with Crippen LogP contribution in [0.2, 0.25) is 0 Å². The van der Waals surface area contributed by atoms with Gasteiger partial charge in [0.1, 0.15) is 5.75 Å². The number of rotatable bonds is 6. The monoisotopic (exact) mass is 232 g/mol. The maximum Gasteiger partial charge on any atom is 0.174 e. The van der Waals surface area contributed by atoms with Crippen molar-refractivity contribution in [2.24, 2.45) is 0 Å². The van der Waals surface area contributed by atoms with Crippen molar-refractivity contribution in [3.63, 3.8) is 0 Å². The van der Waals surface area contributed by atoms with Gasteiger partial charge in [-0.05, 0) is 37.5 Å². The Morgan fingerprint density at radius 2 is 2.00 bits per heavy atom. The molecule has 0 amide bonds. The summed E-state index contributed by atoms with van der Waals surface area (Å²) in [5, 5.41) is 13.8. The van der Waals surface area contributed by atoms with Crippen LogP contribution in [0.25, 0.3) is 0 Å². The predicted molar refractivity (Wildman–Crippen MR) is 63.8 cm³/mol.